The first kappa shape index (κ1) is 16.7. The molecule has 2 aromatic heterocycles. The molecule has 1 aliphatic heterocycles. The fourth-order valence-electron chi connectivity index (χ4n) is 4.73. The van der Waals surface area contributed by atoms with E-state index in [1.54, 1.807) is 0 Å². The van der Waals surface area contributed by atoms with Crippen LogP contribution in [0.15, 0.2) is 16.2 Å². The number of thiophene rings is 1. The van der Waals surface area contributed by atoms with Crippen molar-refractivity contribution in [3.05, 3.63) is 49.3 Å². The molecule has 2 aromatic rings. The molecule has 2 aliphatic carbocycles. The summed E-state index contributed by atoms with van der Waals surface area (Å²) in [6, 6.07) is 2.44. The first-order chi connectivity index (χ1) is 12.8. The van der Waals surface area contributed by atoms with E-state index in [0.29, 0.717) is 6.54 Å². The largest absolute Gasteiger partial charge is 0.312 e. The second-order valence-electron chi connectivity index (χ2n) is 8.28. The third-order valence-electron chi connectivity index (χ3n) is 6.56. The van der Waals surface area contributed by atoms with Gasteiger partial charge in [-0.25, -0.2) is 4.98 Å². The van der Waals surface area contributed by atoms with Crippen molar-refractivity contribution < 1.29 is 0 Å². The summed E-state index contributed by atoms with van der Waals surface area (Å²) in [7, 11) is 0. The Hall–Kier alpha value is -1.46. The molecule has 3 aliphatic rings. The van der Waals surface area contributed by atoms with Gasteiger partial charge in [0.2, 0.25) is 0 Å². The summed E-state index contributed by atoms with van der Waals surface area (Å²) < 4.78 is 0. The van der Waals surface area contributed by atoms with E-state index >= 15 is 0 Å². The predicted molar refractivity (Wildman–Crippen MR) is 105 cm³/mol. The number of hydrogen-bond acceptors (Lipinski definition) is 4. The molecule has 2 fully saturated rings. The Kier molecular flexibility index (Phi) is 4.24. The van der Waals surface area contributed by atoms with Crippen molar-refractivity contribution in [1.82, 2.24) is 15.3 Å². The third kappa shape index (κ3) is 2.85. The lowest BCUT2D eigenvalue weighted by atomic mass is 9.92. The van der Waals surface area contributed by atoms with Crippen LogP contribution >= 0.6 is 11.3 Å². The average molecular weight is 370 g/mol. The Bertz CT molecular complexity index is 856. The van der Waals surface area contributed by atoms with Crippen molar-refractivity contribution in [3.8, 4) is 0 Å². The van der Waals surface area contributed by atoms with Crippen LogP contribution < -0.4 is 10.9 Å². The van der Waals surface area contributed by atoms with Gasteiger partial charge in [0, 0.05) is 24.4 Å². The van der Waals surface area contributed by atoms with E-state index < -0.39 is 0 Å². The number of hydrogen-bond donors (Lipinski definition) is 2. The standard InChI is InChI=1S/C21H27N3OS/c25-19-16-12-22-10-7-17(16)23-20(24-19)21(8-9-21)18-11-15(13-26-18)14-5-3-1-2-4-6-14/h11,13-14,22H,1-10,12H2,(H,23,24,25). The molecular weight excluding hydrogens is 342 g/mol. The van der Waals surface area contributed by atoms with Crippen LogP contribution in [-0.4, -0.2) is 16.5 Å². The predicted octanol–water partition coefficient (Wildman–Crippen LogP) is 3.99. The van der Waals surface area contributed by atoms with Gasteiger partial charge >= 0.3 is 0 Å². The van der Waals surface area contributed by atoms with Gasteiger partial charge in [-0.3, -0.25) is 4.79 Å². The molecule has 0 aromatic carbocycles. The molecule has 5 heteroatoms. The lowest BCUT2D eigenvalue weighted by Crippen LogP contribution is -2.33. The third-order valence-corrected chi connectivity index (χ3v) is 7.72. The Morgan fingerprint density at radius 1 is 1.15 bits per heavy atom. The second kappa shape index (κ2) is 6.61. The van der Waals surface area contributed by atoms with Gasteiger partial charge in [-0.1, -0.05) is 25.7 Å². The summed E-state index contributed by atoms with van der Waals surface area (Å²) in [6.07, 6.45) is 11.3. The van der Waals surface area contributed by atoms with Crippen LogP contribution in [0.1, 0.15) is 84.8 Å². The molecule has 0 bridgehead atoms. The highest BCUT2D eigenvalue weighted by Crippen LogP contribution is 2.54. The van der Waals surface area contributed by atoms with E-state index in [0.717, 1.165) is 48.8 Å². The van der Waals surface area contributed by atoms with Crippen LogP contribution in [0.3, 0.4) is 0 Å². The number of H-pyrrole nitrogens is 1. The number of rotatable bonds is 3. The molecule has 0 radical (unpaired) electrons. The van der Waals surface area contributed by atoms with Gasteiger partial charge in [0.15, 0.2) is 0 Å². The molecule has 2 saturated carbocycles. The number of aromatic nitrogens is 2. The van der Waals surface area contributed by atoms with Crippen molar-refractivity contribution in [2.75, 3.05) is 6.54 Å². The lowest BCUT2D eigenvalue weighted by Gasteiger charge is -2.19. The average Bonchev–Trinajstić information content (AvgIpc) is 3.40. The van der Waals surface area contributed by atoms with E-state index in [9.17, 15) is 4.79 Å². The van der Waals surface area contributed by atoms with Crippen LogP contribution in [0.5, 0.6) is 0 Å². The quantitative estimate of drug-likeness (QED) is 0.804. The van der Waals surface area contributed by atoms with Gasteiger partial charge in [-0.05, 0) is 48.6 Å². The number of nitrogens with zero attached hydrogens (tertiary/aromatic N) is 1. The van der Waals surface area contributed by atoms with Gasteiger partial charge in [-0.2, -0.15) is 0 Å². The first-order valence-corrected chi connectivity index (χ1v) is 11.1. The van der Waals surface area contributed by atoms with Crippen LogP contribution in [0.4, 0.5) is 0 Å². The molecular formula is C21H27N3OS. The second-order valence-corrected chi connectivity index (χ2v) is 9.19. The fourth-order valence-corrected chi connectivity index (χ4v) is 5.99. The molecule has 3 heterocycles. The van der Waals surface area contributed by atoms with Gasteiger partial charge in [0.25, 0.3) is 5.56 Å². The summed E-state index contributed by atoms with van der Waals surface area (Å²) >= 11 is 1.88. The van der Waals surface area contributed by atoms with Crippen molar-refractivity contribution in [2.24, 2.45) is 0 Å². The summed E-state index contributed by atoms with van der Waals surface area (Å²) in [4.78, 5) is 22.0. The van der Waals surface area contributed by atoms with Crippen LogP contribution in [0.25, 0.3) is 0 Å². The van der Waals surface area contributed by atoms with Gasteiger partial charge in [0.05, 0.1) is 16.7 Å². The zero-order valence-corrected chi connectivity index (χ0v) is 16.1. The van der Waals surface area contributed by atoms with E-state index in [2.05, 4.69) is 21.7 Å². The minimum absolute atomic E-state index is 0.0211. The van der Waals surface area contributed by atoms with Crippen molar-refractivity contribution in [2.45, 2.75) is 75.7 Å². The Morgan fingerprint density at radius 3 is 2.73 bits per heavy atom. The molecule has 0 spiro atoms. The smallest absolute Gasteiger partial charge is 0.255 e. The monoisotopic (exact) mass is 369 g/mol. The molecule has 0 amide bonds. The highest BCUT2D eigenvalue weighted by atomic mass is 32.1. The highest BCUT2D eigenvalue weighted by Gasteiger charge is 2.50. The molecule has 0 atom stereocenters. The SMILES string of the molecule is O=c1[nH]c(C2(c3cc(C4CCCCCC4)cs3)CC2)nc2c1CNCC2. The lowest BCUT2D eigenvalue weighted by molar-refractivity contribution is 0.592. The van der Waals surface area contributed by atoms with Crippen LogP contribution in [0, 0.1) is 0 Å². The van der Waals surface area contributed by atoms with E-state index in [1.807, 2.05) is 11.3 Å². The van der Waals surface area contributed by atoms with Crippen LogP contribution in [-0.2, 0) is 18.4 Å². The number of fused-ring (bicyclic) bond motifs is 1. The van der Waals surface area contributed by atoms with Crippen molar-refractivity contribution in [1.29, 1.82) is 0 Å². The summed E-state index contributed by atoms with van der Waals surface area (Å²) in [5.74, 6) is 1.65. The van der Waals surface area contributed by atoms with E-state index in [4.69, 9.17) is 4.98 Å². The molecule has 26 heavy (non-hydrogen) atoms. The highest BCUT2D eigenvalue weighted by molar-refractivity contribution is 7.10. The Morgan fingerprint density at radius 2 is 1.96 bits per heavy atom. The minimum Gasteiger partial charge on any atom is -0.312 e. The number of nitrogens with one attached hydrogen (secondary N) is 2. The van der Waals surface area contributed by atoms with Crippen LogP contribution in [0.2, 0.25) is 0 Å². The Balaban J connectivity index is 1.47. The van der Waals surface area contributed by atoms with Gasteiger partial charge in [-0.15, -0.1) is 11.3 Å². The maximum atomic E-state index is 12.5. The zero-order chi connectivity index (χ0) is 17.6. The topological polar surface area (TPSA) is 57.8 Å². The Labute approximate surface area is 158 Å². The maximum absolute atomic E-state index is 12.5. The molecule has 0 unspecified atom stereocenters. The molecule has 2 N–H and O–H groups in total. The molecule has 4 nitrogen and oxygen atoms in total. The van der Waals surface area contributed by atoms with Gasteiger partial charge < -0.3 is 10.3 Å². The van der Waals surface area contributed by atoms with E-state index in [1.165, 1.54) is 49.0 Å². The zero-order valence-electron chi connectivity index (χ0n) is 15.3. The fraction of sp³-hybridized carbons (Fsp3) is 0.619. The maximum Gasteiger partial charge on any atom is 0.255 e. The summed E-state index contributed by atoms with van der Waals surface area (Å²) in [5, 5.41) is 5.65. The minimum atomic E-state index is -0.0211. The van der Waals surface area contributed by atoms with Gasteiger partial charge in [0.1, 0.15) is 5.82 Å². The molecule has 138 valence electrons. The van der Waals surface area contributed by atoms with Crippen molar-refractivity contribution >= 4 is 11.3 Å². The normalized spacial score (nSPS) is 22.6. The number of aromatic amines is 1. The molecule has 5 rings (SSSR count). The first-order valence-electron chi connectivity index (χ1n) is 10.2. The summed E-state index contributed by atoms with van der Waals surface area (Å²) in [6.45, 7) is 1.57. The van der Waals surface area contributed by atoms with Crippen molar-refractivity contribution in [3.63, 3.8) is 0 Å². The summed E-state index contributed by atoms with van der Waals surface area (Å²) in [5.41, 5.74) is 3.41. The molecule has 0 saturated heterocycles. The van der Waals surface area contributed by atoms with E-state index in [-0.39, 0.29) is 11.0 Å².